The second-order valence-electron chi connectivity index (χ2n) is 6.22. The van der Waals surface area contributed by atoms with Crippen molar-refractivity contribution in [3.63, 3.8) is 0 Å². The van der Waals surface area contributed by atoms with Gasteiger partial charge in [-0.3, -0.25) is 9.59 Å². The van der Waals surface area contributed by atoms with Crippen molar-refractivity contribution in [2.24, 2.45) is 0 Å². The molecule has 2 nitrogen and oxygen atoms in total. The molecule has 23 heavy (non-hydrogen) atoms. The molecule has 120 valence electrons. The summed E-state index contributed by atoms with van der Waals surface area (Å²) in [5.41, 5.74) is 7.23. The second-order valence-corrected chi connectivity index (χ2v) is 7.17. The first-order valence-corrected chi connectivity index (χ1v) is 8.44. The van der Waals surface area contributed by atoms with Gasteiger partial charge in [0.25, 0.3) is 0 Å². The maximum absolute atomic E-state index is 12.6. The van der Waals surface area contributed by atoms with Crippen molar-refractivity contribution in [3.8, 4) is 0 Å². The highest BCUT2D eigenvalue weighted by atomic mass is 32.2. The van der Waals surface area contributed by atoms with Gasteiger partial charge in [0.05, 0.1) is 0 Å². The summed E-state index contributed by atoms with van der Waals surface area (Å²) < 4.78 is 0. The van der Waals surface area contributed by atoms with Gasteiger partial charge in [0, 0.05) is 11.1 Å². The summed E-state index contributed by atoms with van der Waals surface area (Å²) in [6.07, 6.45) is 0. The van der Waals surface area contributed by atoms with Gasteiger partial charge in [-0.15, -0.1) is 0 Å². The molecule has 3 heteroatoms. The zero-order valence-electron chi connectivity index (χ0n) is 14.5. The molecule has 2 aromatic carbocycles. The average Bonchev–Trinajstić information content (AvgIpc) is 2.35. The Kier molecular flexibility index (Phi) is 5.10. The number of thioether (sulfide) groups is 1. The Morgan fingerprint density at radius 3 is 1.13 bits per heavy atom. The molecular weight excluding hydrogens is 304 g/mol. The predicted octanol–water partition coefficient (Wildman–Crippen LogP) is 5.25. The molecule has 0 radical (unpaired) electrons. The maximum atomic E-state index is 12.6. The number of carbonyl (C=O) groups is 2. The molecular formula is C20H22O2S. The van der Waals surface area contributed by atoms with Gasteiger partial charge in [-0.2, -0.15) is 0 Å². The second kappa shape index (κ2) is 6.71. The van der Waals surface area contributed by atoms with Gasteiger partial charge in [-0.05, 0) is 75.6 Å². The van der Waals surface area contributed by atoms with Crippen LogP contribution in [0.25, 0.3) is 0 Å². The smallest absolute Gasteiger partial charge is 0.227 e. The lowest BCUT2D eigenvalue weighted by Crippen LogP contribution is -2.08. The topological polar surface area (TPSA) is 34.1 Å². The summed E-state index contributed by atoms with van der Waals surface area (Å²) >= 11 is 0.796. The summed E-state index contributed by atoms with van der Waals surface area (Å²) in [6, 6.07) is 7.92. The Bertz CT molecular complexity index is 690. The summed E-state index contributed by atoms with van der Waals surface area (Å²) in [4.78, 5) is 25.2. The molecule has 2 rings (SSSR count). The fraction of sp³-hybridized carbons (Fsp3) is 0.300. The first-order chi connectivity index (χ1) is 10.7. The van der Waals surface area contributed by atoms with Gasteiger partial charge in [0.2, 0.25) is 10.2 Å². The fourth-order valence-corrected chi connectivity index (χ4v) is 4.21. The number of benzene rings is 2. The Labute approximate surface area is 142 Å². The standard InChI is InChI=1S/C20H22O2S/c1-11-7-13(3)17(14(4)8-11)19(21)23-20(22)18-15(5)9-12(2)10-16(18)6/h7-10H,1-6H3. The summed E-state index contributed by atoms with van der Waals surface area (Å²) in [6.45, 7) is 11.7. The molecule has 0 saturated carbocycles. The van der Waals surface area contributed by atoms with Crippen molar-refractivity contribution >= 4 is 22.0 Å². The molecule has 0 fully saturated rings. The molecule has 0 atom stereocenters. The van der Waals surface area contributed by atoms with Crippen LogP contribution in [0.5, 0.6) is 0 Å². The Hall–Kier alpha value is -1.87. The van der Waals surface area contributed by atoms with Gasteiger partial charge in [-0.25, -0.2) is 0 Å². The van der Waals surface area contributed by atoms with E-state index in [0.717, 1.165) is 45.1 Å². The van der Waals surface area contributed by atoms with Gasteiger partial charge in [0.15, 0.2) is 0 Å². The molecule has 0 aliphatic heterocycles. The van der Waals surface area contributed by atoms with Crippen LogP contribution in [0.15, 0.2) is 24.3 Å². The largest absolute Gasteiger partial charge is 0.281 e. The molecule has 0 aliphatic rings. The van der Waals surface area contributed by atoms with Crippen LogP contribution in [-0.2, 0) is 0 Å². The van der Waals surface area contributed by atoms with Crippen LogP contribution in [0.4, 0.5) is 0 Å². The van der Waals surface area contributed by atoms with E-state index in [1.807, 2.05) is 65.8 Å². The summed E-state index contributed by atoms with van der Waals surface area (Å²) in [5, 5.41) is -0.353. The van der Waals surface area contributed by atoms with Crippen LogP contribution in [0.1, 0.15) is 54.1 Å². The van der Waals surface area contributed by atoms with Crippen LogP contribution in [0.2, 0.25) is 0 Å². The van der Waals surface area contributed by atoms with Gasteiger partial charge < -0.3 is 0 Å². The number of rotatable bonds is 2. The van der Waals surface area contributed by atoms with Crippen molar-refractivity contribution in [3.05, 3.63) is 68.8 Å². The van der Waals surface area contributed by atoms with Crippen LogP contribution in [-0.4, -0.2) is 10.2 Å². The van der Waals surface area contributed by atoms with Crippen LogP contribution >= 0.6 is 11.8 Å². The van der Waals surface area contributed by atoms with E-state index < -0.39 is 0 Å². The molecule has 0 N–H and O–H groups in total. The molecule has 0 aromatic heterocycles. The predicted molar refractivity (Wildman–Crippen MR) is 97.6 cm³/mol. The fourth-order valence-electron chi connectivity index (χ4n) is 3.19. The highest BCUT2D eigenvalue weighted by Crippen LogP contribution is 2.27. The van der Waals surface area contributed by atoms with Crippen molar-refractivity contribution in [2.45, 2.75) is 41.5 Å². The average molecular weight is 326 g/mol. The van der Waals surface area contributed by atoms with Crippen molar-refractivity contribution in [1.82, 2.24) is 0 Å². The number of aryl methyl sites for hydroxylation is 6. The van der Waals surface area contributed by atoms with Crippen LogP contribution in [0.3, 0.4) is 0 Å². The Balaban J connectivity index is 2.33. The lowest BCUT2D eigenvalue weighted by atomic mass is 10.0. The van der Waals surface area contributed by atoms with E-state index in [9.17, 15) is 9.59 Å². The lowest BCUT2D eigenvalue weighted by Gasteiger charge is -2.12. The first kappa shape index (κ1) is 17.5. The molecule has 0 unspecified atom stereocenters. The third-order valence-electron chi connectivity index (χ3n) is 3.95. The van der Waals surface area contributed by atoms with Gasteiger partial charge in [-0.1, -0.05) is 35.4 Å². The van der Waals surface area contributed by atoms with Gasteiger partial charge >= 0.3 is 0 Å². The number of carbonyl (C=O) groups excluding carboxylic acids is 2. The van der Waals surface area contributed by atoms with E-state index in [4.69, 9.17) is 0 Å². The number of hydrogen-bond acceptors (Lipinski definition) is 3. The minimum atomic E-state index is -0.177. The van der Waals surface area contributed by atoms with Crippen LogP contribution < -0.4 is 0 Å². The Morgan fingerprint density at radius 2 is 0.870 bits per heavy atom. The van der Waals surface area contributed by atoms with E-state index in [1.54, 1.807) is 0 Å². The molecule has 0 saturated heterocycles. The monoisotopic (exact) mass is 326 g/mol. The third kappa shape index (κ3) is 3.73. The van der Waals surface area contributed by atoms with E-state index in [1.165, 1.54) is 0 Å². The van der Waals surface area contributed by atoms with Crippen molar-refractivity contribution in [1.29, 1.82) is 0 Å². The number of hydrogen-bond donors (Lipinski definition) is 0. The SMILES string of the molecule is Cc1cc(C)c(C(=O)SC(=O)c2c(C)cc(C)cc2C)c(C)c1. The molecule has 0 aliphatic carbocycles. The highest BCUT2D eigenvalue weighted by Gasteiger charge is 2.21. The molecule has 0 heterocycles. The maximum Gasteiger partial charge on any atom is 0.227 e. The third-order valence-corrected chi connectivity index (χ3v) is 4.73. The molecule has 0 spiro atoms. The van der Waals surface area contributed by atoms with Crippen molar-refractivity contribution in [2.75, 3.05) is 0 Å². The lowest BCUT2D eigenvalue weighted by molar-refractivity contribution is 0.106. The Morgan fingerprint density at radius 1 is 0.609 bits per heavy atom. The van der Waals surface area contributed by atoms with E-state index in [-0.39, 0.29) is 10.2 Å². The van der Waals surface area contributed by atoms with E-state index in [2.05, 4.69) is 0 Å². The summed E-state index contributed by atoms with van der Waals surface area (Å²) in [7, 11) is 0. The zero-order chi connectivity index (χ0) is 17.3. The minimum Gasteiger partial charge on any atom is -0.281 e. The summed E-state index contributed by atoms with van der Waals surface area (Å²) in [5.74, 6) is 0. The van der Waals surface area contributed by atoms with Crippen molar-refractivity contribution < 1.29 is 9.59 Å². The van der Waals surface area contributed by atoms with Crippen LogP contribution in [0, 0.1) is 41.5 Å². The molecule has 0 amide bonds. The van der Waals surface area contributed by atoms with Gasteiger partial charge in [0.1, 0.15) is 0 Å². The molecule has 2 aromatic rings. The van der Waals surface area contributed by atoms with E-state index in [0.29, 0.717) is 11.1 Å². The molecule has 0 bridgehead atoms. The first-order valence-electron chi connectivity index (χ1n) is 7.63. The normalized spacial score (nSPS) is 10.7. The minimum absolute atomic E-state index is 0.177. The van der Waals surface area contributed by atoms with E-state index >= 15 is 0 Å². The zero-order valence-corrected chi connectivity index (χ0v) is 15.4. The highest BCUT2D eigenvalue weighted by molar-refractivity contribution is 8.27. The quantitative estimate of drug-likeness (QED) is 0.756.